The number of H-pyrrole nitrogens is 1. The first-order valence-electron chi connectivity index (χ1n) is 6.13. The molecule has 1 aromatic heterocycles. The monoisotopic (exact) mass is 222 g/mol. The number of pyridine rings is 1. The number of ether oxygens (including phenoxy) is 2. The molecule has 88 valence electrons. The van der Waals surface area contributed by atoms with E-state index in [0.717, 1.165) is 25.0 Å². The van der Waals surface area contributed by atoms with E-state index in [4.69, 9.17) is 9.47 Å². The zero-order chi connectivity index (χ0) is 11.5. The van der Waals surface area contributed by atoms with Crippen LogP contribution in [0.1, 0.15) is 44.0 Å². The molecule has 0 aliphatic carbocycles. The molecule has 0 bridgehead atoms. The molecule has 2 heterocycles. The van der Waals surface area contributed by atoms with Gasteiger partial charge < -0.3 is 9.47 Å². The lowest BCUT2D eigenvalue weighted by molar-refractivity contribution is -0.393. The van der Waals surface area contributed by atoms with Crippen molar-refractivity contribution >= 4 is 0 Å². The Hall–Kier alpha value is -1.09. The van der Waals surface area contributed by atoms with Gasteiger partial charge in [-0.2, -0.15) is 0 Å². The Labute approximate surface area is 96.8 Å². The zero-order valence-corrected chi connectivity index (χ0v) is 10.3. The van der Waals surface area contributed by atoms with Crippen LogP contribution in [0.2, 0.25) is 0 Å². The summed E-state index contributed by atoms with van der Waals surface area (Å²) in [5, 5.41) is 0. The first-order chi connectivity index (χ1) is 7.80. The third-order valence-corrected chi connectivity index (χ3v) is 3.09. The molecule has 1 atom stereocenters. The van der Waals surface area contributed by atoms with Crippen LogP contribution in [-0.4, -0.2) is 6.29 Å². The fourth-order valence-corrected chi connectivity index (χ4v) is 2.08. The molecular formula is C13H20NO2+. The summed E-state index contributed by atoms with van der Waals surface area (Å²) < 4.78 is 11.6. The maximum atomic E-state index is 5.89. The summed E-state index contributed by atoms with van der Waals surface area (Å²) in [4.78, 5) is 3.33. The summed E-state index contributed by atoms with van der Waals surface area (Å²) in [5.74, 6) is 1.03. The highest BCUT2D eigenvalue weighted by Gasteiger charge is 2.26. The SMILES string of the molecule is CCc1c[nH+]c(CC)c2c1COC(CC)O2. The van der Waals surface area contributed by atoms with Crippen LogP contribution in [0.25, 0.3) is 0 Å². The van der Waals surface area contributed by atoms with E-state index in [1.54, 1.807) is 0 Å². The molecule has 1 unspecified atom stereocenters. The van der Waals surface area contributed by atoms with Crippen LogP contribution in [0.4, 0.5) is 0 Å². The van der Waals surface area contributed by atoms with Crippen molar-refractivity contribution in [1.82, 2.24) is 0 Å². The molecular weight excluding hydrogens is 202 g/mol. The minimum absolute atomic E-state index is 0.0849. The summed E-state index contributed by atoms with van der Waals surface area (Å²) in [6.07, 6.45) is 4.85. The fourth-order valence-electron chi connectivity index (χ4n) is 2.08. The van der Waals surface area contributed by atoms with Crippen LogP contribution in [0.15, 0.2) is 6.20 Å². The molecule has 0 aromatic carbocycles. The molecule has 0 radical (unpaired) electrons. The van der Waals surface area contributed by atoms with Gasteiger partial charge in [-0.1, -0.05) is 20.8 Å². The van der Waals surface area contributed by atoms with Gasteiger partial charge in [0.05, 0.1) is 6.61 Å². The number of nitrogens with one attached hydrogen (secondary N) is 1. The maximum Gasteiger partial charge on any atom is 0.222 e. The number of rotatable bonds is 3. The Balaban J connectivity index is 2.42. The van der Waals surface area contributed by atoms with Crippen molar-refractivity contribution in [3.05, 3.63) is 23.0 Å². The molecule has 16 heavy (non-hydrogen) atoms. The third kappa shape index (κ3) is 1.92. The molecule has 3 nitrogen and oxygen atoms in total. The van der Waals surface area contributed by atoms with E-state index in [0.29, 0.717) is 6.61 Å². The topological polar surface area (TPSA) is 32.6 Å². The lowest BCUT2D eigenvalue weighted by Gasteiger charge is -2.26. The van der Waals surface area contributed by atoms with Crippen LogP contribution < -0.4 is 9.72 Å². The zero-order valence-electron chi connectivity index (χ0n) is 10.3. The second-order valence-electron chi connectivity index (χ2n) is 4.07. The Bertz CT molecular complexity index is 376. The van der Waals surface area contributed by atoms with Gasteiger partial charge in [-0.15, -0.1) is 0 Å². The van der Waals surface area contributed by atoms with Crippen LogP contribution in [0.3, 0.4) is 0 Å². The number of hydrogen-bond acceptors (Lipinski definition) is 2. The molecule has 1 aliphatic rings. The second-order valence-corrected chi connectivity index (χ2v) is 4.07. The molecule has 2 rings (SSSR count). The van der Waals surface area contributed by atoms with Crippen molar-refractivity contribution in [1.29, 1.82) is 0 Å². The van der Waals surface area contributed by atoms with E-state index < -0.39 is 0 Å². The van der Waals surface area contributed by atoms with E-state index in [-0.39, 0.29) is 6.29 Å². The number of fused-ring (bicyclic) bond motifs is 1. The molecule has 0 fully saturated rings. The summed E-state index contributed by atoms with van der Waals surface area (Å²) >= 11 is 0. The highest BCUT2D eigenvalue weighted by Crippen LogP contribution is 2.31. The normalized spacial score (nSPS) is 19.1. The molecule has 0 saturated carbocycles. The number of hydrogen-bond donors (Lipinski definition) is 0. The van der Waals surface area contributed by atoms with Crippen LogP contribution >= 0.6 is 0 Å². The number of aryl methyl sites for hydroxylation is 2. The van der Waals surface area contributed by atoms with Gasteiger partial charge in [0, 0.05) is 24.0 Å². The van der Waals surface area contributed by atoms with Crippen molar-refractivity contribution in [3.63, 3.8) is 0 Å². The summed E-state index contributed by atoms with van der Waals surface area (Å²) in [6, 6.07) is 0. The molecule has 1 aromatic rings. The molecule has 1 N–H and O–H groups in total. The van der Waals surface area contributed by atoms with Gasteiger partial charge in [-0.3, -0.25) is 0 Å². The quantitative estimate of drug-likeness (QED) is 0.786. The number of aromatic amines is 1. The van der Waals surface area contributed by atoms with Crippen molar-refractivity contribution in [2.45, 2.75) is 52.9 Å². The Morgan fingerprint density at radius 3 is 2.75 bits per heavy atom. The smallest absolute Gasteiger partial charge is 0.222 e. The molecule has 0 amide bonds. The van der Waals surface area contributed by atoms with Gasteiger partial charge in [-0.25, -0.2) is 4.98 Å². The van der Waals surface area contributed by atoms with E-state index in [1.807, 2.05) is 0 Å². The van der Waals surface area contributed by atoms with Crippen molar-refractivity contribution in [3.8, 4) is 5.75 Å². The average molecular weight is 222 g/mol. The Morgan fingerprint density at radius 1 is 1.31 bits per heavy atom. The van der Waals surface area contributed by atoms with Gasteiger partial charge >= 0.3 is 0 Å². The molecule has 3 heteroatoms. The van der Waals surface area contributed by atoms with E-state index >= 15 is 0 Å². The molecule has 0 spiro atoms. The van der Waals surface area contributed by atoms with Crippen LogP contribution in [-0.2, 0) is 24.2 Å². The maximum absolute atomic E-state index is 5.89. The van der Waals surface area contributed by atoms with E-state index in [1.165, 1.54) is 16.8 Å². The Kier molecular flexibility index (Phi) is 3.44. The van der Waals surface area contributed by atoms with E-state index in [2.05, 4.69) is 32.0 Å². The predicted molar refractivity (Wildman–Crippen MR) is 61.2 cm³/mol. The fraction of sp³-hybridized carbons (Fsp3) is 0.615. The van der Waals surface area contributed by atoms with Crippen molar-refractivity contribution in [2.75, 3.05) is 0 Å². The van der Waals surface area contributed by atoms with E-state index in [9.17, 15) is 0 Å². The van der Waals surface area contributed by atoms with Crippen LogP contribution in [0.5, 0.6) is 5.75 Å². The highest BCUT2D eigenvalue weighted by molar-refractivity contribution is 5.40. The van der Waals surface area contributed by atoms with Crippen molar-refractivity contribution in [2.24, 2.45) is 0 Å². The summed E-state index contributed by atoms with van der Waals surface area (Å²) in [7, 11) is 0. The summed E-state index contributed by atoms with van der Waals surface area (Å²) in [6.45, 7) is 7.05. The molecule has 1 aliphatic heterocycles. The predicted octanol–water partition coefficient (Wildman–Crippen LogP) is 2.27. The first-order valence-corrected chi connectivity index (χ1v) is 6.13. The minimum atomic E-state index is -0.0849. The second kappa shape index (κ2) is 4.83. The number of aromatic nitrogens is 1. The highest BCUT2D eigenvalue weighted by atomic mass is 16.7. The first kappa shape index (κ1) is 11.4. The average Bonchev–Trinajstić information content (AvgIpc) is 2.36. The lowest BCUT2D eigenvalue weighted by atomic mass is 10.0. The standard InChI is InChI=1S/C13H19NO2/c1-4-9-7-14-11(5-2)13-10(9)8-15-12(6-3)16-13/h7,12H,4-6,8H2,1-3H3/p+1. The van der Waals surface area contributed by atoms with Crippen LogP contribution in [0, 0.1) is 0 Å². The van der Waals surface area contributed by atoms with Gasteiger partial charge in [0.2, 0.25) is 5.69 Å². The summed E-state index contributed by atoms with van der Waals surface area (Å²) in [5.41, 5.74) is 3.69. The Morgan fingerprint density at radius 2 is 2.12 bits per heavy atom. The van der Waals surface area contributed by atoms with Gasteiger partial charge in [0.1, 0.15) is 0 Å². The lowest BCUT2D eigenvalue weighted by Crippen LogP contribution is -2.29. The van der Waals surface area contributed by atoms with Gasteiger partial charge in [0.25, 0.3) is 0 Å². The molecule has 0 saturated heterocycles. The van der Waals surface area contributed by atoms with Crippen molar-refractivity contribution < 1.29 is 14.5 Å². The van der Waals surface area contributed by atoms with Gasteiger partial charge in [0.15, 0.2) is 18.2 Å². The largest absolute Gasteiger partial charge is 0.458 e. The van der Waals surface area contributed by atoms with Gasteiger partial charge in [-0.05, 0) is 6.42 Å². The third-order valence-electron chi connectivity index (χ3n) is 3.09. The minimum Gasteiger partial charge on any atom is -0.458 e.